The van der Waals surface area contributed by atoms with Crippen molar-refractivity contribution in [2.24, 2.45) is 12.5 Å². The molecule has 0 atom stereocenters. The van der Waals surface area contributed by atoms with Crippen molar-refractivity contribution in [3.63, 3.8) is 0 Å². The number of hydrogen-bond acceptors (Lipinski definition) is 6. The molecule has 3 aromatic rings. The minimum atomic E-state index is -3.14. The monoisotopic (exact) mass is 510 g/mol. The van der Waals surface area contributed by atoms with Gasteiger partial charge in [-0.1, -0.05) is 26.8 Å². The van der Waals surface area contributed by atoms with Crippen molar-refractivity contribution < 1.29 is 8.42 Å². The Labute approximate surface area is 212 Å². The molecule has 1 aromatic carbocycles. The molecule has 3 heterocycles. The molecule has 0 bridgehead atoms. The summed E-state index contributed by atoms with van der Waals surface area (Å²) in [5.41, 5.74) is 4.09. The van der Waals surface area contributed by atoms with Crippen LogP contribution < -0.4 is 11.0 Å². The van der Waals surface area contributed by atoms with Crippen molar-refractivity contribution >= 4 is 21.2 Å². The molecule has 9 nitrogen and oxygen atoms in total. The molecule has 0 spiro atoms. The highest BCUT2D eigenvalue weighted by Gasteiger charge is 2.24. The van der Waals surface area contributed by atoms with Gasteiger partial charge < -0.3 is 5.32 Å². The lowest BCUT2D eigenvalue weighted by Gasteiger charge is -2.30. The molecule has 0 unspecified atom stereocenters. The summed E-state index contributed by atoms with van der Waals surface area (Å²) < 4.78 is 28.3. The molecule has 0 aliphatic carbocycles. The number of benzene rings is 1. The summed E-state index contributed by atoms with van der Waals surface area (Å²) in [5, 5.41) is 13.3. The quantitative estimate of drug-likeness (QED) is 0.546. The number of nitriles is 1. The third kappa shape index (κ3) is 5.53. The Morgan fingerprint density at radius 2 is 1.86 bits per heavy atom. The Morgan fingerprint density at radius 3 is 2.47 bits per heavy atom. The van der Waals surface area contributed by atoms with Crippen LogP contribution in [0.5, 0.6) is 0 Å². The van der Waals surface area contributed by atoms with Gasteiger partial charge in [-0.2, -0.15) is 5.26 Å². The fourth-order valence-corrected chi connectivity index (χ4v) is 5.59. The molecule has 0 saturated carbocycles. The first-order chi connectivity index (χ1) is 16.9. The van der Waals surface area contributed by atoms with Gasteiger partial charge in [0, 0.05) is 44.8 Å². The summed E-state index contributed by atoms with van der Waals surface area (Å²) in [6.45, 7) is 8.50. The smallest absolute Gasteiger partial charge is 0.310 e. The number of nitrogens with zero attached hydrogens (tertiary/aromatic N) is 5. The van der Waals surface area contributed by atoms with E-state index in [1.54, 1.807) is 22.2 Å². The molecule has 1 N–H and O–H groups in total. The van der Waals surface area contributed by atoms with E-state index in [4.69, 9.17) is 4.98 Å². The van der Waals surface area contributed by atoms with Crippen LogP contribution in [0.4, 0.5) is 0 Å². The lowest BCUT2D eigenvalue weighted by atomic mass is 9.97. The number of fused-ring (bicyclic) bond motifs is 1. The highest BCUT2D eigenvalue weighted by atomic mass is 32.2. The first-order valence-corrected chi connectivity index (χ1v) is 14.0. The number of sulfonamides is 1. The van der Waals surface area contributed by atoms with Gasteiger partial charge in [-0.05, 0) is 48.1 Å². The first kappa shape index (κ1) is 26.1. The van der Waals surface area contributed by atoms with Crippen LogP contribution in [0.25, 0.3) is 22.4 Å². The number of hydrogen-bond donors (Lipinski definition) is 1. The van der Waals surface area contributed by atoms with E-state index >= 15 is 0 Å². The van der Waals surface area contributed by atoms with Crippen molar-refractivity contribution in [1.82, 2.24) is 23.7 Å². The number of rotatable bonds is 6. The summed E-state index contributed by atoms with van der Waals surface area (Å²) >= 11 is 0. The van der Waals surface area contributed by atoms with E-state index in [-0.39, 0.29) is 17.1 Å². The standard InChI is InChI=1S/C26H34N6O3S/c1-26(2,3)17-32-23-9-8-22(29-24(23)30(4)25(32)33)21-14-18(6-7-19(21)15-27)16-28-20-10-12-31(13-11-20)36(5,34)35/h6-9,14,20,28H,10-13,16-17H2,1-5H3. The molecular formula is C26H34N6O3S. The van der Waals surface area contributed by atoms with Gasteiger partial charge in [0.2, 0.25) is 10.0 Å². The maximum atomic E-state index is 12.9. The third-order valence-electron chi connectivity index (χ3n) is 6.61. The number of nitrogens with one attached hydrogen (secondary N) is 1. The SMILES string of the molecule is Cn1c(=O)n(CC(C)(C)C)c2ccc(-c3cc(CNC4CCN(S(C)(=O)=O)CC4)ccc3C#N)nc21. The predicted molar refractivity (Wildman–Crippen MR) is 141 cm³/mol. The van der Waals surface area contributed by atoms with E-state index < -0.39 is 10.0 Å². The van der Waals surface area contributed by atoms with Gasteiger partial charge in [-0.3, -0.25) is 9.13 Å². The van der Waals surface area contributed by atoms with Crippen LogP contribution in [0.2, 0.25) is 0 Å². The second-order valence-corrected chi connectivity index (χ2v) is 12.8. The Hall–Kier alpha value is -3.00. The second-order valence-electron chi connectivity index (χ2n) is 10.8. The van der Waals surface area contributed by atoms with Crippen LogP contribution in [-0.4, -0.2) is 52.2 Å². The minimum Gasteiger partial charge on any atom is -0.310 e. The molecule has 0 radical (unpaired) electrons. The molecule has 4 rings (SSSR count). The van der Waals surface area contributed by atoms with Gasteiger partial charge in [-0.15, -0.1) is 0 Å². The molecule has 1 aliphatic rings. The lowest BCUT2D eigenvalue weighted by molar-refractivity contribution is 0.290. The summed E-state index contributed by atoms with van der Waals surface area (Å²) in [6, 6.07) is 12.0. The maximum absolute atomic E-state index is 12.9. The van der Waals surface area contributed by atoms with E-state index in [0.717, 1.165) is 29.5 Å². The van der Waals surface area contributed by atoms with Crippen LogP contribution in [0.1, 0.15) is 44.7 Å². The van der Waals surface area contributed by atoms with Gasteiger partial charge in [0.25, 0.3) is 0 Å². The molecule has 0 amide bonds. The Morgan fingerprint density at radius 1 is 1.17 bits per heavy atom. The average Bonchev–Trinajstić information content (AvgIpc) is 3.05. The highest BCUT2D eigenvalue weighted by Crippen LogP contribution is 2.27. The molecule has 1 fully saturated rings. The predicted octanol–water partition coefficient (Wildman–Crippen LogP) is 2.83. The minimum absolute atomic E-state index is 0.0620. The maximum Gasteiger partial charge on any atom is 0.330 e. The molecular weight excluding hydrogens is 476 g/mol. The number of piperidine rings is 1. The number of aryl methyl sites for hydroxylation is 1. The second kappa shape index (κ2) is 9.81. The summed E-state index contributed by atoms with van der Waals surface area (Å²) in [6.07, 6.45) is 2.77. The summed E-state index contributed by atoms with van der Waals surface area (Å²) in [5.74, 6) is 0. The average molecular weight is 511 g/mol. The fraction of sp³-hybridized carbons (Fsp3) is 0.500. The summed E-state index contributed by atoms with van der Waals surface area (Å²) in [4.78, 5) is 17.7. The van der Waals surface area contributed by atoms with E-state index in [1.165, 1.54) is 10.6 Å². The van der Waals surface area contributed by atoms with Crippen LogP contribution >= 0.6 is 0 Å². The molecule has 10 heteroatoms. The highest BCUT2D eigenvalue weighted by molar-refractivity contribution is 7.88. The largest absolute Gasteiger partial charge is 0.330 e. The zero-order valence-electron chi connectivity index (χ0n) is 21.6. The zero-order valence-corrected chi connectivity index (χ0v) is 22.4. The zero-order chi connectivity index (χ0) is 26.3. The van der Waals surface area contributed by atoms with E-state index in [9.17, 15) is 18.5 Å². The van der Waals surface area contributed by atoms with Crippen molar-refractivity contribution in [2.75, 3.05) is 19.3 Å². The first-order valence-electron chi connectivity index (χ1n) is 12.2. The van der Waals surface area contributed by atoms with Gasteiger partial charge in [0.05, 0.1) is 29.1 Å². The van der Waals surface area contributed by atoms with E-state index in [0.29, 0.717) is 43.1 Å². The van der Waals surface area contributed by atoms with Crippen LogP contribution in [0, 0.1) is 16.7 Å². The Bertz CT molecular complexity index is 1480. The van der Waals surface area contributed by atoms with E-state index in [1.807, 2.05) is 24.3 Å². The van der Waals surface area contributed by atoms with Crippen molar-refractivity contribution in [3.8, 4) is 17.3 Å². The molecule has 1 saturated heterocycles. The van der Waals surface area contributed by atoms with Crippen molar-refractivity contribution in [1.29, 1.82) is 5.26 Å². The van der Waals surface area contributed by atoms with Crippen LogP contribution in [0.15, 0.2) is 35.1 Å². The lowest BCUT2D eigenvalue weighted by Crippen LogP contribution is -2.44. The number of aromatic nitrogens is 3. The topological polar surface area (TPSA) is 113 Å². The number of imidazole rings is 1. The third-order valence-corrected chi connectivity index (χ3v) is 7.91. The van der Waals surface area contributed by atoms with Gasteiger partial charge in [-0.25, -0.2) is 22.5 Å². The van der Waals surface area contributed by atoms with Crippen LogP contribution in [0.3, 0.4) is 0 Å². The van der Waals surface area contributed by atoms with Gasteiger partial charge in [0.15, 0.2) is 5.65 Å². The Balaban J connectivity index is 1.58. The number of pyridine rings is 1. The summed E-state index contributed by atoms with van der Waals surface area (Å²) in [7, 11) is -1.42. The molecule has 1 aliphatic heterocycles. The normalized spacial score (nSPS) is 15.9. The fourth-order valence-electron chi connectivity index (χ4n) is 4.71. The van der Waals surface area contributed by atoms with Gasteiger partial charge >= 0.3 is 5.69 Å². The van der Waals surface area contributed by atoms with Crippen LogP contribution in [-0.2, 0) is 30.2 Å². The van der Waals surface area contributed by atoms with Crippen molar-refractivity contribution in [2.45, 2.75) is 52.7 Å². The van der Waals surface area contributed by atoms with Crippen molar-refractivity contribution in [3.05, 3.63) is 51.9 Å². The molecule has 2 aromatic heterocycles. The van der Waals surface area contributed by atoms with Gasteiger partial charge in [0.1, 0.15) is 0 Å². The van der Waals surface area contributed by atoms with E-state index in [2.05, 4.69) is 32.2 Å². The molecule has 36 heavy (non-hydrogen) atoms. The Kier molecular flexibility index (Phi) is 7.10. The molecule has 192 valence electrons.